The molecule has 1 unspecified atom stereocenters. The number of benzene rings is 1. The zero-order valence-electron chi connectivity index (χ0n) is 11.5. The maximum absolute atomic E-state index is 6.16. The van der Waals surface area contributed by atoms with Gasteiger partial charge in [-0.05, 0) is 25.6 Å². The minimum absolute atomic E-state index is 0.564. The fourth-order valence-corrected chi connectivity index (χ4v) is 2.67. The molecule has 1 saturated heterocycles. The average Bonchev–Trinajstić information content (AvgIpc) is 2.39. The first-order chi connectivity index (χ1) is 8.67. The number of hydrogen-bond donors (Lipinski definition) is 1. The van der Waals surface area contributed by atoms with Gasteiger partial charge in [0.2, 0.25) is 0 Å². The molecule has 0 aliphatic carbocycles. The minimum atomic E-state index is 0.564. The van der Waals surface area contributed by atoms with Gasteiger partial charge in [-0.2, -0.15) is 0 Å². The van der Waals surface area contributed by atoms with Crippen LogP contribution < -0.4 is 15.4 Å². The van der Waals surface area contributed by atoms with E-state index >= 15 is 0 Å². The zero-order valence-corrected chi connectivity index (χ0v) is 11.5. The second-order valence-electron chi connectivity index (χ2n) is 4.82. The summed E-state index contributed by atoms with van der Waals surface area (Å²) in [6.07, 6.45) is 0. The molecule has 1 atom stereocenters. The molecule has 0 radical (unpaired) electrons. The lowest BCUT2D eigenvalue weighted by Crippen LogP contribution is -2.51. The second-order valence-corrected chi connectivity index (χ2v) is 4.82. The van der Waals surface area contributed by atoms with Crippen LogP contribution in [0.1, 0.15) is 13.8 Å². The SMILES string of the molecule is CCN1CCN(c2cccc(OC)c2N)CC1C. The van der Waals surface area contributed by atoms with E-state index in [0.29, 0.717) is 6.04 Å². The highest BCUT2D eigenvalue weighted by Gasteiger charge is 2.24. The van der Waals surface area contributed by atoms with Crippen LogP contribution in [0.15, 0.2) is 18.2 Å². The van der Waals surface area contributed by atoms with Crippen LogP contribution in [0.5, 0.6) is 5.75 Å². The Balaban J connectivity index is 2.18. The van der Waals surface area contributed by atoms with Crippen LogP contribution in [0.25, 0.3) is 0 Å². The molecule has 100 valence electrons. The van der Waals surface area contributed by atoms with Gasteiger partial charge in [0.1, 0.15) is 5.75 Å². The van der Waals surface area contributed by atoms with Gasteiger partial charge in [-0.25, -0.2) is 0 Å². The van der Waals surface area contributed by atoms with E-state index in [1.54, 1.807) is 7.11 Å². The number of hydrogen-bond acceptors (Lipinski definition) is 4. The van der Waals surface area contributed by atoms with Crippen LogP contribution in [-0.2, 0) is 0 Å². The highest BCUT2D eigenvalue weighted by atomic mass is 16.5. The quantitative estimate of drug-likeness (QED) is 0.830. The normalized spacial score (nSPS) is 21.1. The van der Waals surface area contributed by atoms with Crippen molar-refractivity contribution in [2.45, 2.75) is 19.9 Å². The van der Waals surface area contributed by atoms with Crippen LogP contribution in [0.4, 0.5) is 11.4 Å². The fourth-order valence-electron chi connectivity index (χ4n) is 2.67. The summed E-state index contributed by atoms with van der Waals surface area (Å²) >= 11 is 0. The van der Waals surface area contributed by atoms with Crippen molar-refractivity contribution in [1.29, 1.82) is 0 Å². The summed E-state index contributed by atoms with van der Waals surface area (Å²) in [5, 5.41) is 0. The van der Waals surface area contributed by atoms with E-state index in [2.05, 4.69) is 29.7 Å². The van der Waals surface area contributed by atoms with Crippen molar-refractivity contribution in [2.24, 2.45) is 0 Å². The van der Waals surface area contributed by atoms with E-state index in [-0.39, 0.29) is 0 Å². The number of nitrogens with two attached hydrogens (primary N) is 1. The van der Waals surface area contributed by atoms with Crippen molar-refractivity contribution < 1.29 is 4.74 Å². The Bertz CT molecular complexity index is 408. The molecule has 0 aromatic heterocycles. The first kappa shape index (κ1) is 13.0. The number of methoxy groups -OCH3 is 1. The molecule has 2 N–H and O–H groups in total. The Kier molecular flexibility index (Phi) is 3.97. The third kappa shape index (κ3) is 2.38. The molecule has 18 heavy (non-hydrogen) atoms. The molecule has 2 rings (SSSR count). The van der Waals surface area contributed by atoms with Gasteiger partial charge in [-0.15, -0.1) is 0 Å². The topological polar surface area (TPSA) is 41.7 Å². The molecule has 1 aliphatic heterocycles. The molecule has 1 aromatic rings. The lowest BCUT2D eigenvalue weighted by Gasteiger charge is -2.41. The molecule has 4 heteroatoms. The summed E-state index contributed by atoms with van der Waals surface area (Å²) in [5.74, 6) is 0.762. The lowest BCUT2D eigenvalue weighted by atomic mass is 10.1. The Labute approximate surface area is 109 Å². The largest absolute Gasteiger partial charge is 0.495 e. The fraction of sp³-hybridized carbons (Fsp3) is 0.571. The van der Waals surface area contributed by atoms with Crippen LogP contribution >= 0.6 is 0 Å². The molecule has 0 spiro atoms. The van der Waals surface area contributed by atoms with Gasteiger partial charge in [-0.1, -0.05) is 13.0 Å². The van der Waals surface area contributed by atoms with Gasteiger partial charge in [0, 0.05) is 25.7 Å². The second kappa shape index (κ2) is 5.48. The van der Waals surface area contributed by atoms with Crippen molar-refractivity contribution in [2.75, 3.05) is 43.9 Å². The Morgan fingerprint density at radius 3 is 2.78 bits per heavy atom. The maximum atomic E-state index is 6.16. The molecule has 1 heterocycles. The van der Waals surface area contributed by atoms with E-state index in [1.807, 2.05) is 12.1 Å². The van der Waals surface area contributed by atoms with Crippen molar-refractivity contribution >= 4 is 11.4 Å². The van der Waals surface area contributed by atoms with Crippen LogP contribution in [0.2, 0.25) is 0 Å². The number of likely N-dealkylation sites (N-methyl/N-ethyl adjacent to an activating group) is 1. The van der Waals surface area contributed by atoms with E-state index in [1.165, 1.54) is 0 Å². The van der Waals surface area contributed by atoms with E-state index in [9.17, 15) is 0 Å². The monoisotopic (exact) mass is 249 g/mol. The number of nitrogen functional groups attached to an aromatic ring is 1. The summed E-state index contributed by atoms with van der Waals surface area (Å²) in [7, 11) is 1.66. The van der Waals surface area contributed by atoms with Crippen molar-refractivity contribution in [3.05, 3.63) is 18.2 Å². The van der Waals surface area contributed by atoms with Gasteiger partial charge in [0.25, 0.3) is 0 Å². The first-order valence-electron chi connectivity index (χ1n) is 6.58. The zero-order chi connectivity index (χ0) is 13.1. The Morgan fingerprint density at radius 2 is 2.17 bits per heavy atom. The van der Waals surface area contributed by atoms with Gasteiger partial charge in [-0.3, -0.25) is 4.90 Å². The summed E-state index contributed by atoms with van der Waals surface area (Å²) in [4.78, 5) is 4.85. The molecular formula is C14H23N3O. The summed E-state index contributed by atoms with van der Waals surface area (Å²) < 4.78 is 5.28. The third-order valence-electron chi connectivity index (χ3n) is 3.77. The number of anilines is 2. The van der Waals surface area contributed by atoms with Crippen molar-refractivity contribution in [1.82, 2.24) is 4.90 Å². The number of nitrogens with zero attached hydrogens (tertiary/aromatic N) is 2. The number of piperazine rings is 1. The molecule has 1 aliphatic rings. The van der Waals surface area contributed by atoms with Gasteiger partial charge < -0.3 is 15.4 Å². The maximum Gasteiger partial charge on any atom is 0.143 e. The molecule has 1 fully saturated rings. The molecular weight excluding hydrogens is 226 g/mol. The van der Waals surface area contributed by atoms with E-state index < -0.39 is 0 Å². The minimum Gasteiger partial charge on any atom is -0.495 e. The molecule has 0 amide bonds. The highest BCUT2D eigenvalue weighted by molar-refractivity contribution is 5.74. The predicted molar refractivity (Wildman–Crippen MR) is 76.3 cm³/mol. The van der Waals surface area contributed by atoms with E-state index in [4.69, 9.17) is 10.5 Å². The van der Waals surface area contributed by atoms with Crippen LogP contribution in [0, 0.1) is 0 Å². The summed E-state index contributed by atoms with van der Waals surface area (Å²) in [6, 6.07) is 6.55. The van der Waals surface area contributed by atoms with Gasteiger partial charge >= 0.3 is 0 Å². The Morgan fingerprint density at radius 1 is 1.39 bits per heavy atom. The summed E-state index contributed by atoms with van der Waals surface area (Å²) in [5.41, 5.74) is 8.00. The molecule has 4 nitrogen and oxygen atoms in total. The van der Waals surface area contributed by atoms with Crippen LogP contribution in [-0.4, -0.2) is 44.2 Å². The van der Waals surface area contributed by atoms with Crippen molar-refractivity contribution in [3.63, 3.8) is 0 Å². The lowest BCUT2D eigenvalue weighted by molar-refractivity contribution is 0.199. The summed E-state index contributed by atoms with van der Waals surface area (Å²) in [6.45, 7) is 8.73. The third-order valence-corrected chi connectivity index (χ3v) is 3.77. The van der Waals surface area contributed by atoms with Crippen LogP contribution in [0.3, 0.4) is 0 Å². The predicted octanol–water partition coefficient (Wildman–Crippen LogP) is 1.81. The average molecular weight is 249 g/mol. The van der Waals surface area contributed by atoms with Gasteiger partial charge in [0.05, 0.1) is 18.5 Å². The Hall–Kier alpha value is -1.42. The number of rotatable bonds is 3. The smallest absolute Gasteiger partial charge is 0.143 e. The standard InChI is InChI=1S/C14H23N3O/c1-4-16-8-9-17(10-11(16)2)12-6-5-7-13(18-3)14(12)15/h5-7,11H,4,8-10,15H2,1-3H3. The highest BCUT2D eigenvalue weighted by Crippen LogP contribution is 2.33. The van der Waals surface area contributed by atoms with E-state index in [0.717, 1.165) is 43.3 Å². The molecule has 0 bridgehead atoms. The number of ether oxygens (including phenoxy) is 1. The number of para-hydroxylation sites is 1. The molecule has 0 saturated carbocycles. The molecule has 1 aromatic carbocycles. The van der Waals surface area contributed by atoms with Gasteiger partial charge in [0.15, 0.2) is 0 Å². The van der Waals surface area contributed by atoms with Crippen molar-refractivity contribution in [3.8, 4) is 5.75 Å². The first-order valence-corrected chi connectivity index (χ1v) is 6.58.